The highest BCUT2D eigenvalue weighted by Crippen LogP contribution is 2.33. The number of carbonyl (C=O) groups is 3. The molecule has 2 aromatic carbocycles. The van der Waals surface area contributed by atoms with Gasteiger partial charge in [-0.25, -0.2) is 0 Å². The molecule has 0 radical (unpaired) electrons. The molecule has 1 aliphatic heterocycles. The first-order chi connectivity index (χ1) is 14.0. The summed E-state index contributed by atoms with van der Waals surface area (Å²) in [6.07, 6.45) is 0.816. The Kier molecular flexibility index (Phi) is 6.49. The van der Waals surface area contributed by atoms with Crippen LogP contribution in [0, 0.1) is 5.92 Å². The second-order valence-electron chi connectivity index (χ2n) is 6.74. The fourth-order valence-corrected chi connectivity index (χ4v) is 3.34. The summed E-state index contributed by atoms with van der Waals surface area (Å²) in [7, 11) is 1.53. The Morgan fingerprint density at radius 2 is 1.86 bits per heavy atom. The van der Waals surface area contributed by atoms with Crippen molar-refractivity contribution in [2.24, 2.45) is 5.92 Å². The SMILES string of the molecule is CCc1ccccc1NC(=O)COC(=O)[C@@H]1CC(=O)N(c2ccccc2OC)C1. The number of anilines is 2. The molecular formula is C22H24N2O5. The van der Waals surface area contributed by atoms with Crippen LogP contribution in [0.1, 0.15) is 18.9 Å². The summed E-state index contributed by atoms with van der Waals surface area (Å²) in [6.45, 7) is 1.80. The highest BCUT2D eigenvalue weighted by molar-refractivity contribution is 6.01. The van der Waals surface area contributed by atoms with E-state index >= 15 is 0 Å². The summed E-state index contributed by atoms with van der Waals surface area (Å²) in [6, 6.07) is 14.6. The fourth-order valence-electron chi connectivity index (χ4n) is 3.34. The van der Waals surface area contributed by atoms with Crippen LogP contribution in [-0.4, -0.2) is 38.0 Å². The number of esters is 1. The van der Waals surface area contributed by atoms with Crippen molar-refractivity contribution >= 4 is 29.2 Å². The molecule has 0 aromatic heterocycles. The van der Waals surface area contributed by atoms with Crippen LogP contribution in [0.25, 0.3) is 0 Å². The number of para-hydroxylation sites is 3. The molecule has 0 bridgehead atoms. The summed E-state index contributed by atoms with van der Waals surface area (Å²) < 4.78 is 10.5. The van der Waals surface area contributed by atoms with Gasteiger partial charge in [0.1, 0.15) is 5.75 Å². The maximum Gasteiger partial charge on any atom is 0.311 e. The van der Waals surface area contributed by atoms with E-state index in [9.17, 15) is 14.4 Å². The molecule has 1 aliphatic rings. The zero-order chi connectivity index (χ0) is 20.8. The number of nitrogens with one attached hydrogen (secondary N) is 1. The number of amides is 2. The van der Waals surface area contributed by atoms with Gasteiger partial charge in [-0.1, -0.05) is 37.3 Å². The molecule has 0 aliphatic carbocycles. The molecule has 1 fully saturated rings. The van der Waals surface area contributed by atoms with Gasteiger partial charge in [0, 0.05) is 18.7 Å². The van der Waals surface area contributed by atoms with E-state index in [0.717, 1.165) is 12.0 Å². The lowest BCUT2D eigenvalue weighted by molar-refractivity contribution is -0.151. The second-order valence-corrected chi connectivity index (χ2v) is 6.74. The first kappa shape index (κ1) is 20.4. The van der Waals surface area contributed by atoms with Crippen molar-refractivity contribution in [3.63, 3.8) is 0 Å². The van der Waals surface area contributed by atoms with Crippen LogP contribution in [-0.2, 0) is 25.5 Å². The maximum absolute atomic E-state index is 12.4. The molecule has 7 heteroatoms. The van der Waals surface area contributed by atoms with Gasteiger partial charge in [-0.05, 0) is 30.2 Å². The van der Waals surface area contributed by atoms with Gasteiger partial charge in [-0.3, -0.25) is 14.4 Å². The molecule has 1 atom stereocenters. The van der Waals surface area contributed by atoms with Gasteiger partial charge < -0.3 is 19.7 Å². The predicted molar refractivity (Wildman–Crippen MR) is 109 cm³/mol. The van der Waals surface area contributed by atoms with Gasteiger partial charge in [-0.15, -0.1) is 0 Å². The average Bonchev–Trinajstić information content (AvgIpc) is 3.13. The first-order valence-corrected chi connectivity index (χ1v) is 9.51. The van der Waals surface area contributed by atoms with Gasteiger partial charge in [0.25, 0.3) is 5.91 Å². The molecule has 1 saturated heterocycles. The third kappa shape index (κ3) is 4.74. The standard InChI is InChI=1S/C22H24N2O5/c1-3-15-8-4-5-9-17(15)23-20(25)14-29-22(27)16-12-21(26)24(13-16)18-10-6-7-11-19(18)28-2/h4-11,16H,3,12-14H2,1-2H3,(H,23,25)/t16-/m1/s1. The van der Waals surface area contributed by atoms with Gasteiger partial charge in [-0.2, -0.15) is 0 Å². The first-order valence-electron chi connectivity index (χ1n) is 9.51. The summed E-state index contributed by atoms with van der Waals surface area (Å²) >= 11 is 0. The zero-order valence-corrected chi connectivity index (χ0v) is 16.5. The van der Waals surface area contributed by atoms with Crippen LogP contribution < -0.4 is 15.0 Å². The van der Waals surface area contributed by atoms with E-state index in [1.54, 1.807) is 24.3 Å². The van der Waals surface area contributed by atoms with Crippen molar-refractivity contribution in [2.75, 3.05) is 30.5 Å². The predicted octanol–water partition coefficient (Wildman–Crippen LogP) is 2.79. The van der Waals surface area contributed by atoms with Crippen molar-refractivity contribution in [2.45, 2.75) is 19.8 Å². The Balaban J connectivity index is 1.56. The summed E-state index contributed by atoms with van der Waals surface area (Å²) in [5.74, 6) is -1.22. The number of hydrogen-bond acceptors (Lipinski definition) is 5. The third-order valence-corrected chi connectivity index (χ3v) is 4.85. The molecule has 2 amide bonds. The highest BCUT2D eigenvalue weighted by atomic mass is 16.5. The Hall–Kier alpha value is -3.35. The minimum absolute atomic E-state index is 0.0389. The number of aryl methyl sites for hydroxylation is 1. The van der Waals surface area contributed by atoms with Crippen molar-refractivity contribution in [1.82, 2.24) is 0 Å². The van der Waals surface area contributed by atoms with E-state index in [2.05, 4.69) is 5.32 Å². The zero-order valence-electron chi connectivity index (χ0n) is 16.5. The van der Waals surface area contributed by atoms with Crippen LogP contribution >= 0.6 is 0 Å². The monoisotopic (exact) mass is 396 g/mol. The number of rotatable bonds is 7. The van der Waals surface area contributed by atoms with Crippen LogP contribution in [0.15, 0.2) is 48.5 Å². The van der Waals surface area contributed by atoms with Gasteiger partial charge >= 0.3 is 5.97 Å². The molecule has 0 unspecified atom stereocenters. The van der Waals surface area contributed by atoms with Gasteiger partial charge in [0.05, 0.1) is 18.7 Å². The molecule has 152 valence electrons. The van der Waals surface area contributed by atoms with Gasteiger partial charge in [0.15, 0.2) is 6.61 Å². The fraction of sp³-hybridized carbons (Fsp3) is 0.318. The van der Waals surface area contributed by atoms with Gasteiger partial charge in [0.2, 0.25) is 5.91 Å². The maximum atomic E-state index is 12.4. The third-order valence-electron chi connectivity index (χ3n) is 4.85. The minimum Gasteiger partial charge on any atom is -0.495 e. The molecule has 29 heavy (non-hydrogen) atoms. The van der Waals surface area contributed by atoms with E-state index in [-0.39, 0.29) is 18.9 Å². The lowest BCUT2D eigenvalue weighted by Gasteiger charge is -2.19. The Bertz CT molecular complexity index is 912. The largest absolute Gasteiger partial charge is 0.495 e. The number of methoxy groups -OCH3 is 1. The van der Waals surface area contributed by atoms with Crippen LogP contribution in [0.5, 0.6) is 5.75 Å². The summed E-state index contributed by atoms with van der Waals surface area (Å²) in [4.78, 5) is 38.4. The molecule has 3 rings (SSSR count). The lowest BCUT2D eigenvalue weighted by Crippen LogP contribution is -2.28. The Morgan fingerprint density at radius 1 is 1.14 bits per heavy atom. The second kappa shape index (κ2) is 9.23. The molecule has 7 nitrogen and oxygen atoms in total. The Labute approximate surface area is 169 Å². The van der Waals surface area contributed by atoms with Crippen molar-refractivity contribution < 1.29 is 23.9 Å². The quantitative estimate of drug-likeness (QED) is 0.728. The summed E-state index contributed by atoms with van der Waals surface area (Å²) in [5.41, 5.74) is 2.32. The number of ether oxygens (including phenoxy) is 2. The number of nitrogens with zero attached hydrogens (tertiary/aromatic N) is 1. The topological polar surface area (TPSA) is 84.9 Å². The number of hydrogen-bond donors (Lipinski definition) is 1. The number of carbonyl (C=O) groups excluding carboxylic acids is 3. The molecule has 0 spiro atoms. The van der Waals surface area contributed by atoms with Crippen LogP contribution in [0.3, 0.4) is 0 Å². The van der Waals surface area contributed by atoms with Crippen LogP contribution in [0.2, 0.25) is 0 Å². The molecular weight excluding hydrogens is 372 g/mol. The van der Waals surface area contributed by atoms with E-state index in [0.29, 0.717) is 17.1 Å². The van der Waals surface area contributed by atoms with E-state index in [1.165, 1.54) is 12.0 Å². The normalized spacial score (nSPS) is 15.9. The molecule has 2 aromatic rings. The van der Waals surface area contributed by atoms with Crippen molar-refractivity contribution in [1.29, 1.82) is 0 Å². The number of benzene rings is 2. The smallest absolute Gasteiger partial charge is 0.311 e. The van der Waals surface area contributed by atoms with Crippen LogP contribution in [0.4, 0.5) is 11.4 Å². The van der Waals surface area contributed by atoms with E-state index in [1.807, 2.05) is 31.2 Å². The highest BCUT2D eigenvalue weighted by Gasteiger charge is 2.37. The average molecular weight is 396 g/mol. The van der Waals surface area contributed by atoms with Crippen molar-refractivity contribution in [3.8, 4) is 5.75 Å². The minimum atomic E-state index is -0.622. The lowest BCUT2D eigenvalue weighted by atomic mass is 10.1. The molecule has 1 N–H and O–H groups in total. The summed E-state index contributed by atoms with van der Waals surface area (Å²) in [5, 5.41) is 2.76. The molecule has 0 saturated carbocycles. The Morgan fingerprint density at radius 3 is 2.62 bits per heavy atom. The van der Waals surface area contributed by atoms with E-state index < -0.39 is 24.4 Å². The van der Waals surface area contributed by atoms with Crippen molar-refractivity contribution in [3.05, 3.63) is 54.1 Å². The molecule has 1 heterocycles. The van der Waals surface area contributed by atoms with E-state index in [4.69, 9.17) is 9.47 Å².